The molecule has 3 amide bonds. The van der Waals surface area contributed by atoms with Gasteiger partial charge in [-0.1, -0.05) is 54.6 Å². The third-order valence-electron chi connectivity index (χ3n) is 13.7. The summed E-state index contributed by atoms with van der Waals surface area (Å²) in [4.78, 5) is 48.6. The van der Waals surface area contributed by atoms with Crippen LogP contribution in [-0.4, -0.2) is 101 Å². The molecule has 9 rings (SSSR count). The van der Waals surface area contributed by atoms with Crippen LogP contribution >= 0.6 is 0 Å². The van der Waals surface area contributed by atoms with E-state index in [1.54, 1.807) is 18.3 Å². The Morgan fingerprint density at radius 3 is 2.28 bits per heavy atom. The number of piperidine rings is 4. The highest BCUT2D eigenvalue weighted by molar-refractivity contribution is 6.01. The van der Waals surface area contributed by atoms with Gasteiger partial charge in [-0.15, -0.1) is 0 Å². The summed E-state index contributed by atoms with van der Waals surface area (Å²) in [7, 11) is 0. The largest absolute Gasteiger partial charge is 0.507 e. The lowest BCUT2D eigenvalue weighted by Crippen LogP contribution is -2.56. The molecule has 0 saturated carbocycles. The molecule has 0 bridgehead atoms. The fourth-order valence-corrected chi connectivity index (χ4v) is 10.5. The number of aromatic nitrogens is 2. The summed E-state index contributed by atoms with van der Waals surface area (Å²) in [6.07, 6.45) is 8.63. The van der Waals surface area contributed by atoms with Crippen LogP contribution in [0.2, 0.25) is 0 Å². The van der Waals surface area contributed by atoms with Crippen molar-refractivity contribution in [3.8, 4) is 17.0 Å². The first-order chi connectivity index (χ1) is 27.8. The Morgan fingerprint density at radius 1 is 0.789 bits per heavy atom. The Balaban J connectivity index is 0.802. The number of phenolic OH excluding ortho intramolecular Hbond substituents is 1. The third-order valence-corrected chi connectivity index (χ3v) is 13.7. The first-order valence-electron chi connectivity index (χ1n) is 21.0. The molecule has 2 N–H and O–H groups in total. The second kappa shape index (κ2) is 15.9. The SMILES string of the molecule is O=C1CC[C@H](c2ccc(N3CCC(CN4CC[C@H]5[C@H](CCN5C(=O)C5(c6ccccc6)CCN(c6cnnc(-c7ccccc7O)c6)CC5)C4)CC3)cc2)C(=O)N1. The maximum absolute atomic E-state index is 15.0. The molecular weight excluding hydrogens is 715 g/mol. The van der Waals surface area contributed by atoms with Crippen molar-refractivity contribution < 1.29 is 19.5 Å². The molecule has 11 nitrogen and oxygen atoms in total. The molecule has 1 aromatic heterocycles. The van der Waals surface area contributed by atoms with Crippen molar-refractivity contribution in [3.63, 3.8) is 0 Å². The van der Waals surface area contributed by atoms with Crippen LogP contribution in [0.4, 0.5) is 11.4 Å². The van der Waals surface area contributed by atoms with Crippen LogP contribution in [0.5, 0.6) is 5.75 Å². The second-order valence-electron chi connectivity index (χ2n) is 16.9. The van der Waals surface area contributed by atoms with Crippen LogP contribution in [0.3, 0.4) is 0 Å². The van der Waals surface area contributed by atoms with Gasteiger partial charge in [-0.3, -0.25) is 19.7 Å². The molecule has 0 spiro atoms. The van der Waals surface area contributed by atoms with E-state index in [2.05, 4.69) is 83.6 Å². The normalized spacial score (nSPS) is 24.3. The van der Waals surface area contributed by atoms with Crippen LogP contribution in [0.25, 0.3) is 11.3 Å². The van der Waals surface area contributed by atoms with E-state index in [1.807, 2.05) is 24.3 Å². The average Bonchev–Trinajstić information content (AvgIpc) is 3.68. The number of phenols is 1. The molecule has 4 aromatic rings. The predicted octanol–water partition coefficient (Wildman–Crippen LogP) is 5.75. The first-order valence-corrected chi connectivity index (χ1v) is 21.0. The quantitative estimate of drug-likeness (QED) is 0.216. The minimum atomic E-state index is -0.565. The van der Waals surface area contributed by atoms with E-state index in [9.17, 15) is 19.5 Å². The molecule has 57 heavy (non-hydrogen) atoms. The lowest BCUT2D eigenvalue weighted by atomic mass is 9.71. The van der Waals surface area contributed by atoms with E-state index in [4.69, 9.17) is 0 Å². The zero-order valence-electron chi connectivity index (χ0n) is 32.6. The highest BCUT2D eigenvalue weighted by Crippen LogP contribution is 2.43. The van der Waals surface area contributed by atoms with Gasteiger partial charge in [-0.05, 0) is 98.2 Å². The summed E-state index contributed by atoms with van der Waals surface area (Å²) in [6, 6.07) is 28.3. The molecule has 11 heteroatoms. The van der Waals surface area contributed by atoms with E-state index in [0.29, 0.717) is 47.9 Å². The van der Waals surface area contributed by atoms with E-state index in [0.717, 1.165) is 108 Å². The molecule has 5 saturated heterocycles. The Kier molecular flexibility index (Phi) is 10.4. The van der Waals surface area contributed by atoms with Crippen molar-refractivity contribution >= 4 is 29.1 Å². The number of fused-ring (bicyclic) bond motifs is 1. The van der Waals surface area contributed by atoms with Gasteiger partial charge < -0.3 is 24.7 Å². The van der Waals surface area contributed by atoms with Crippen LogP contribution in [0.1, 0.15) is 68.4 Å². The molecule has 3 aromatic carbocycles. The van der Waals surface area contributed by atoms with Crippen molar-refractivity contribution in [1.29, 1.82) is 0 Å². The molecule has 5 aliphatic rings. The second-order valence-corrected chi connectivity index (χ2v) is 16.9. The van der Waals surface area contributed by atoms with E-state index >= 15 is 0 Å². The number of nitrogens with one attached hydrogen (secondary N) is 1. The van der Waals surface area contributed by atoms with Crippen molar-refractivity contribution in [1.82, 2.24) is 25.3 Å². The number of carbonyl (C=O) groups excluding carboxylic acids is 3. The third kappa shape index (κ3) is 7.49. The molecule has 3 atom stereocenters. The Morgan fingerprint density at radius 2 is 1.53 bits per heavy atom. The van der Waals surface area contributed by atoms with Crippen molar-refractivity contribution in [2.24, 2.45) is 11.8 Å². The minimum absolute atomic E-state index is 0.178. The van der Waals surface area contributed by atoms with Gasteiger partial charge in [0, 0.05) is 76.1 Å². The zero-order chi connectivity index (χ0) is 38.9. The molecule has 296 valence electrons. The number of imide groups is 1. The van der Waals surface area contributed by atoms with Crippen molar-refractivity contribution in [3.05, 3.63) is 102 Å². The number of aromatic hydroxyl groups is 1. The number of anilines is 2. The summed E-state index contributed by atoms with van der Waals surface area (Å²) in [5, 5.41) is 21.5. The average molecular weight is 768 g/mol. The highest BCUT2D eigenvalue weighted by Gasteiger charge is 2.50. The first kappa shape index (κ1) is 37.3. The standard InChI is InChI=1S/C46H53N7O4/c54-42-9-5-4-8-39(42)40-28-37(29-47-49-40)52-26-20-46(21-27-52,35-6-2-1-3-7-35)45(57)53-25-18-34-31-50(22-19-41(34)53)30-32-16-23-51(24-17-32)36-12-10-33(11-13-36)38-14-15-43(55)48-44(38)56/h1-13,28-29,32,34,38,41,54H,14-27,30-31H2,(H,48,55,56)/t34-,38-,41+/m1/s1. The molecule has 5 fully saturated rings. The van der Waals surface area contributed by atoms with Crippen LogP contribution in [-0.2, 0) is 19.8 Å². The monoisotopic (exact) mass is 767 g/mol. The van der Waals surface area contributed by atoms with Gasteiger partial charge in [0.25, 0.3) is 0 Å². The maximum Gasteiger partial charge on any atom is 0.234 e. The number of hydrogen-bond donors (Lipinski definition) is 2. The molecule has 5 aliphatic heterocycles. The van der Waals surface area contributed by atoms with Gasteiger partial charge >= 0.3 is 0 Å². The van der Waals surface area contributed by atoms with E-state index in [-0.39, 0.29) is 23.5 Å². The van der Waals surface area contributed by atoms with Gasteiger partial charge in [0.1, 0.15) is 5.75 Å². The Bertz CT molecular complexity index is 2080. The van der Waals surface area contributed by atoms with Crippen molar-refractivity contribution in [2.45, 2.75) is 68.7 Å². The maximum atomic E-state index is 15.0. The Hall–Kier alpha value is -5.29. The van der Waals surface area contributed by atoms with Crippen molar-refractivity contribution in [2.75, 3.05) is 62.2 Å². The van der Waals surface area contributed by atoms with Gasteiger partial charge in [0.15, 0.2) is 0 Å². The number of nitrogens with zero attached hydrogens (tertiary/aromatic N) is 6. The summed E-state index contributed by atoms with van der Waals surface area (Å²) in [5.74, 6) is 1.04. The van der Waals surface area contributed by atoms with Gasteiger partial charge in [-0.25, -0.2) is 0 Å². The Labute approximate surface area is 335 Å². The number of carbonyl (C=O) groups is 3. The summed E-state index contributed by atoms with van der Waals surface area (Å²) >= 11 is 0. The number of amides is 3. The molecular formula is C46H53N7O4. The van der Waals surface area contributed by atoms with Crippen LogP contribution < -0.4 is 15.1 Å². The number of rotatable bonds is 8. The van der Waals surface area contributed by atoms with Gasteiger partial charge in [0.05, 0.1) is 28.9 Å². The van der Waals surface area contributed by atoms with Crippen LogP contribution in [0, 0.1) is 11.8 Å². The smallest absolute Gasteiger partial charge is 0.234 e. The van der Waals surface area contributed by atoms with E-state index < -0.39 is 5.41 Å². The lowest BCUT2D eigenvalue weighted by Gasteiger charge is -2.46. The molecule has 6 heterocycles. The highest BCUT2D eigenvalue weighted by atomic mass is 16.3. The number of hydrogen-bond acceptors (Lipinski definition) is 9. The van der Waals surface area contributed by atoms with Crippen LogP contribution in [0.15, 0.2) is 91.1 Å². The van der Waals surface area contributed by atoms with Gasteiger partial charge in [0.2, 0.25) is 17.7 Å². The number of benzene rings is 3. The fraction of sp³-hybridized carbons (Fsp3) is 0.457. The fourth-order valence-electron chi connectivity index (χ4n) is 10.5. The van der Waals surface area contributed by atoms with E-state index in [1.165, 1.54) is 5.69 Å². The lowest BCUT2D eigenvalue weighted by molar-refractivity contribution is -0.140. The summed E-state index contributed by atoms with van der Waals surface area (Å²) in [6.45, 7) is 7.57. The molecule has 0 unspecified atom stereocenters. The molecule has 0 aliphatic carbocycles. The minimum Gasteiger partial charge on any atom is -0.507 e. The van der Waals surface area contributed by atoms with Gasteiger partial charge in [-0.2, -0.15) is 10.2 Å². The number of likely N-dealkylation sites (tertiary alicyclic amines) is 2. The zero-order valence-corrected chi connectivity index (χ0v) is 32.6. The predicted molar refractivity (Wildman–Crippen MR) is 220 cm³/mol. The molecule has 0 radical (unpaired) electrons. The summed E-state index contributed by atoms with van der Waals surface area (Å²) < 4.78 is 0. The topological polar surface area (TPSA) is 122 Å². The summed E-state index contributed by atoms with van der Waals surface area (Å²) in [5.41, 5.74) is 4.99. The number of para-hydroxylation sites is 1.